The van der Waals surface area contributed by atoms with Crippen molar-refractivity contribution >= 4 is 12.1 Å². The summed E-state index contributed by atoms with van der Waals surface area (Å²) < 4.78 is 5.13. The van der Waals surface area contributed by atoms with Gasteiger partial charge in [0.1, 0.15) is 5.75 Å². The summed E-state index contributed by atoms with van der Waals surface area (Å²) in [4.78, 5) is 12.3. The number of anilines is 1. The molecule has 0 heterocycles. The number of nitrogens with zero attached hydrogens (tertiary/aromatic N) is 1. The van der Waals surface area contributed by atoms with Gasteiger partial charge in [0.05, 0.1) is 12.8 Å². The van der Waals surface area contributed by atoms with E-state index in [1.807, 2.05) is 31.2 Å². The van der Waals surface area contributed by atoms with Gasteiger partial charge in [-0.3, -0.25) is 4.79 Å². The molecule has 3 heteroatoms. The standard InChI is InChI=1S/C10H13NO2/c1-3-11(8-12)9-6-4-5-7-10(9)13-2/h4-8H,3H2,1-2H3. The van der Waals surface area contributed by atoms with Crippen molar-refractivity contribution in [2.24, 2.45) is 0 Å². The maximum atomic E-state index is 10.7. The molecule has 0 bridgehead atoms. The van der Waals surface area contributed by atoms with Crippen molar-refractivity contribution in [1.82, 2.24) is 0 Å². The molecule has 70 valence electrons. The first-order chi connectivity index (χ1) is 6.33. The Balaban J connectivity index is 3.03. The van der Waals surface area contributed by atoms with Crippen LogP contribution in [0.4, 0.5) is 5.69 Å². The molecule has 1 aromatic carbocycles. The Morgan fingerprint density at radius 2 is 2.15 bits per heavy atom. The number of rotatable bonds is 4. The van der Waals surface area contributed by atoms with E-state index in [9.17, 15) is 4.79 Å². The molecule has 1 aromatic rings. The third-order valence-corrected chi connectivity index (χ3v) is 1.86. The second-order valence-electron chi connectivity index (χ2n) is 2.56. The molecule has 0 atom stereocenters. The molecule has 0 saturated heterocycles. The van der Waals surface area contributed by atoms with Gasteiger partial charge in [0.2, 0.25) is 6.41 Å². The van der Waals surface area contributed by atoms with Gasteiger partial charge in [-0.25, -0.2) is 0 Å². The normalized spacial score (nSPS) is 9.38. The first-order valence-electron chi connectivity index (χ1n) is 4.18. The van der Waals surface area contributed by atoms with Crippen LogP contribution in [0.5, 0.6) is 5.75 Å². The molecule has 0 aromatic heterocycles. The summed E-state index contributed by atoms with van der Waals surface area (Å²) in [6, 6.07) is 7.45. The van der Waals surface area contributed by atoms with E-state index in [-0.39, 0.29) is 0 Å². The predicted molar refractivity (Wildman–Crippen MR) is 52.1 cm³/mol. The van der Waals surface area contributed by atoms with Gasteiger partial charge in [0.15, 0.2) is 0 Å². The van der Waals surface area contributed by atoms with Crippen molar-refractivity contribution in [3.63, 3.8) is 0 Å². The molecule has 1 amide bonds. The molecule has 0 unspecified atom stereocenters. The second kappa shape index (κ2) is 4.50. The van der Waals surface area contributed by atoms with E-state index in [0.29, 0.717) is 6.54 Å². The predicted octanol–water partition coefficient (Wildman–Crippen LogP) is 1.68. The number of methoxy groups -OCH3 is 1. The van der Waals surface area contributed by atoms with Crippen LogP contribution in [0.1, 0.15) is 6.92 Å². The van der Waals surface area contributed by atoms with Crippen LogP contribution < -0.4 is 9.64 Å². The molecule has 13 heavy (non-hydrogen) atoms. The third kappa shape index (κ3) is 1.99. The minimum absolute atomic E-state index is 0.643. The number of ether oxygens (including phenoxy) is 1. The fourth-order valence-corrected chi connectivity index (χ4v) is 1.17. The molecule has 0 aliphatic heterocycles. The van der Waals surface area contributed by atoms with Crippen LogP contribution in [-0.4, -0.2) is 20.1 Å². The van der Waals surface area contributed by atoms with Crippen molar-refractivity contribution in [2.75, 3.05) is 18.6 Å². The van der Waals surface area contributed by atoms with Gasteiger partial charge in [-0.05, 0) is 19.1 Å². The van der Waals surface area contributed by atoms with Gasteiger partial charge in [0.25, 0.3) is 0 Å². The molecule has 0 spiro atoms. The lowest BCUT2D eigenvalue weighted by Gasteiger charge is -2.17. The van der Waals surface area contributed by atoms with Crippen molar-refractivity contribution in [3.8, 4) is 5.75 Å². The summed E-state index contributed by atoms with van der Waals surface area (Å²) in [5.41, 5.74) is 0.808. The van der Waals surface area contributed by atoms with Gasteiger partial charge in [-0.15, -0.1) is 0 Å². The smallest absolute Gasteiger partial charge is 0.214 e. The monoisotopic (exact) mass is 179 g/mol. The molecule has 0 fully saturated rings. The number of amides is 1. The Kier molecular flexibility index (Phi) is 3.31. The minimum Gasteiger partial charge on any atom is -0.495 e. The van der Waals surface area contributed by atoms with E-state index in [4.69, 9.17) is 4.74 Å². The van der Waals surface area contributed by atoms with Gasteiger partial charge in [-0.1, -0.05) is 12.1 Å². The highest BCUT2D eigenvalue weighted by Crippen LogP contribution is 2.26. The quantitative estimate of drug-likeness (QED) is 0.658. The Labute approximate surface area is 77.9 Å². The first kappa shape index (κ1) is 9.58. The summed E-state index contributed by atoms with van der Waals surface area (Å²) in [6.45, 7) is 2.56. The van der Waals surface area contributed by atoms with Gasteiger partial charge in [0, 0.05) is 6.54 Å². The number of hydrogen-bond acceptors (Lipinski definition) is 2. The average Bonchev–Trinajstić information content (AvgIpc) is 2.20. The second-order valence-corrected chi connectivity index (χ2v) is 2.56. The molecule has 3 nitrogen and oxygen atoms in total. The SMILES string of the molecule is CCN(C=O)c1ccccc1OC. The van der Waals surface area contributed by atoms with Crippen molar-refractivity contribution < 1.29 is 9.53 Å². The number of carbonyl (C=O) groups is 1. The van der Waals surface area contributed by atoms with Crippen molar-refractivity contribution in [3.05, 3.63) is 24.3 Å². The van der Waals surface area contributed by atoms with Gasteiger partial charge in [-0.2, -0.15) is 0 Å². The van der Waals surface area contributed by atoms with Crippen LogP contribution in [0.3, 0.4) is 0 Å². The molecule has 0 aliphatic rings. The maximum absolute atomic E-state index is 10.7. The largest absolute Gasteiger partial charge is 0.495 e. The molecular weight excluding hydrogens is 166 g/mol. The molecule has 0 aliphatic carbocycles. The Morgan fingerprint density at radius 3 is 2.69 bits per heavy atom. The van der Waals surface area contributed by atoms with Gasteiger partial charge < -0.3 is 9.64 Å². The molecule has 1 rings (SSSR count). The third-order valence-electron chi connectivity index (χ3n) is 1.86. The van der Waals surface area contributed by atoms with Crippen LogP contribution in [0.2, 0.25) is 0 Å². The zero-order valence-electron chi connectivity index (χ0n) is 7.86. The number of hydrogen-bond donors (Lipinski definition) is 0. The Morgan fingerprint density at radius 1 is 1.46 bits per heavy atom. The lowest BCUT2D eigenvalue weighted by Crippen LogP contribution is -2.20. The topological polar surface area (TPSA) is 29.5 Å². The number of carbonyl (C=O) groups excluding carboxylic acids is 1. The lowest BCUT2D eigenvalue weighted by molar-refractivity contribution is -0.107. The summed E-state index contributed by atoms with van der Waals surface area (Å²) in [5.74, 6) is 0.719. The van der Waals surface area contributed by atoms with Crippen LogP contribution in [-0.2, 0) is 4.79 Å². The van der Waals surface area contributed by atoms with Crippen LogP contribution in [0, 0.1) is 0 Å². The lowest BCUT2D eigenvalue weighted by atomic mass is 10.2. The summed E-state index contributed by atoms with van der Waals surface area (Å²) in [5, 5.41) is 0. The fraction of sp³-hybridized carbons (Fsp3) is 0.300. The van der Waals surface area contributed by atoms with Crippen LogP contribution >= 0.6 is 0 Å². The number of benzene rings is 1. The number of para-hydroxylation sites is 2. The zero-order chi connectivity index (χ0) is 9.68. The highest BCUT2D eigenvalue weighted by molar-refractivity contribution is 5.78. The molecule has 0 radical (unpaired) electrons. The van der Waals surface area contributed by atoms with Gasteiger partial charge >= 0.3 is 0 Å². The Bertz CT molecular complexity index is 286. The van der Waals surface area contributed by atoms with Crippen molar-refractivity contribution in [2.45, 2.75) is 6.92 Å². The first-order valence-corrected chi connectivity index (χ1v) is 4.18. The van der Waals surface area contributed by atoms with E-state index in [1.54, 1.807) is 12.0 Å². The van der Waals surface area contributed by atoms with Crippen LogP contribution in [0.15, 0.2) is 24.3 Å². The highest BCUT2D eigenvalue weighted by atomic mass is 16.5. The van der Waals surface area contributed by atoms with E-state index < -0.39 is 0 Å². The van der Waals surface area contributed by atoms with E-state index >= 15 is 0 Å². The Hall–Kier alpha value is -1.51. The maximum Gasteiger partial charge on any atom is 0.214 e. The fourth-order valence-electron chi connectivity index (χ4n) is 1.17. The highest BCUT2D eigenvalue weighted by Gasteiger charge is 2.07. The van der Waals surface area contributed by atoms with E-state index in [1.165, 1.54) is 0 Å². The van der Waals surface area contributed by atoms with Crippen molar-refractivity contribution in [1.29, 1.82) is 0 Å². The summed E-state index contributed by atoms with van der Waals surface area (Å²) >= 11 is 0. The average molecular weight is 179 g/mol. The zero-order valence-corrected chi connectivity index (χ0v) is 7.86. The minimum atomic E-state index is 0.643. The molecule has 0 saturated carbocycles. The molecule has 0 N–H and O–H groups in total. The van der Waals surface area contributed by atoms with Crippen LogP contribution in [0.25, 0.3) is 0 Å². The summed E-state index contributed by atoms with van der Waals surface area (Å²) in [6.07, 6.45) is 0.803. The van der Waals surface area contributed by atoms with E-state index in [0.717, 1.165) is 17.8 Å². The summed E-state index contributed by atoms with van der Waals surface area (Å²) in [7, 11) is 1.59. The molecular formula is C10H13NO2. The van der Waals surface area contributed by atoms with E-state index in [2.05, 4.69) is 0 Å².